The standard InChI is InChI=1S/C12H12F3NO3/c13-12(14,15)10-8(2-1-3-9(10)17)16-5-4-7(6-16)11(18)19/h1-3,7,17H,4-6H2,(H,18,19). The highest BCUT2D eigenvalue weighted by atomic mass is 19.4. The molecule has 0 aliphatic carbocycles. The summed E-state index contributed by atoms with van der Waals surface area (Å²) in [6, 6.07) is 3.53. The molecule has 1 unspecified atom stereocenters. The summed E-state index contributed by atoms with van der Waals surface area (Å²) in [5, 5.41) is 18.3. The van der Waals surface area contributed by atoms with Gasteiger partial charge in [-0.25, -0.2) is 0 Å². The average Bonchev–Trinajstić information content (AvgIpc) is 2.75. The van der Waals surface area contributed by atoms with Crippen LogP contribution in [-0.2, 0) is 11.0 Å². The van der Waals surface area contributed by atoms with Crippen LogP contribution in [0.25, 0.3) is 0 Å². The van der Waals surface area contributed by atoms with Gasteiger partial charge >= 0.3 is 12.1 Å². The Morgan fingerprint density at radius 3 is 2.58 bits per heavy atom. The molecule has 4 nitrogen and oxygen atoms in total. The molecule has 0 amide bonds. The first-order valence-corrected chi connectivity index (χ1v) is 5.67. The Bertz CT molecular complexity index is 501. The maximum Gasteiger partial charge on any atom is 0.421 e. The summed E-state index contributed by atoms with van der Waals surface area (Å²) in [6.07, 6.45) is -4.38. The topological polar surface area (TPSA) is 60.8 Å². The SMILES string of the molecule is O=C(O)C1CCN(c2cccc(O)c2C(F)(F)F)C1. The minimum Gasteiger partial charge on any atom is -0.507 e. The van der Waals surface area contributed by atoms with Gasteiger partial charge in [-0.3, -0.25) is 4.79 Å². The zero-order valence-corrected chi connectivity index (χ0v) is 9.81. The Kier molecular flexibility index (Phi) is 3.30. The second-order valence-electron chi connectivity index (χ2n) is 4.44. The van der Waals surface area contributed by atoms with E-state index >= 15 is 0 Å². The fraction of sp³-hybridized carbons (Fsp3) is 0.417. The third kappa shape index (κ3) is 2.59. The zero-order chi connectivity index (χ0) is 14.2. The lowest BCUT2D eigenvalue weighted by atomic mass is 10.1. The molecule has 1 aliphatic rings. The number of hydrogen-bond donors (Lipinski definition) is 2. The fourth-order valence-corrected chi connectivity index (χ4v) is 2.26. The van der Waals surface area contributed by atoms with Gasteiger partial charge in [0.05, 0.1) is 11.6 Å². The molecule has 1 aromatic carbocycles. The molecule has 0 spiro atoms. The van der Waals surface area contributed by atoms with Gasteiger partial charge in [0, 0.05) is 13.1 Å². The van der Waals surface area contributed by atoms with E-state index in [1.165, 1.54) is 17.0 Å². The molecule has 0 bridgehead atoms. The van der Waals surface area contributed by atoms with Crippen LogP contribution < -0.4 is 4.90 Å². The quantitative estimate of drug-likeness (QED) is 0.869. The van der Waals surface area contributed by atoms with Crippen LogP contribution in [0.4, 0.5) is 18.9 Å². The predicted octanol–water partition coefficient (Wildman–Crippen LogP) is 2.32. The molecule has 1 atom stereocenters. The number of rotatable bonds is 2. The Labute approximate surface area is 107 Å². The van der Waals surface area contributed by atoms with Crippen molar-refractivity contribution in [1.29, 1.82) is 0 Å². The predicted molar refractivity (Wildman–Crippen MR) is 61.1 cm³/mol. The van der Waals surface area contributed by atoms with Gasteiger partial charge in [-0.2, -0.15) is 13.2 Å². The van der Waals surface area contributed by atoms with Gasteiger partial charge < -0.3 is 15.1 Å². The summed E-state index contributed by atoms with van der Waals surface area (Å²) in [6.45, 7) is 0.241. The Hall–Kier alpha value is -1.92. The molecule has 104 valence electrons. The summed E-state index contributed by atoms with van der Waals surface area (Å²) >= 11 is 0. The summed E-state index contributed by atoms with van der Waals surface area (Å²) in [5.74, 6) is -2.54. The molecule has 1 saturated heterocycles. The Morgan fingerprint density at radius 1 is 1.37 bits per heavy atom. The van der Waals surface area contributed by atoms with Gasteiger partial charge in [0.1, 0.15) is 11.3 Å². The number of carboxylic acid groups (broad SMARTS) is 1. The van der Waals surface area contributed by atoms with Crippen LogP contribution in [-0.4, -0.2) is 29.3 Å². The van der Waals surface area contributed by atoms with Crippen LogP contribution >= 0.6 is 0 Å². The van der Waals surface area contributed by atoms with E-state index < -0.39 is 29.4 Å². The number of hydrogen-bond acceptors (Lipinski definition) is 3. The van der Waals surface area contributed by atoms with Crippen LogP contribution in [0.15, 0.2) is 18.2 Å². The molecule has 1 fully saturated rings. The lowest BCUT2D eigenvalue weighted by Gasteiger charge is -2.23. The monoisotopic (exact) mass is 275 g/mol. The number of carboxylic acids is 1. The number of anilines is 1. The molecule has 0 aromatic heterocycles. The van der Waals surface area contributed by atoms with Crippen molar-refractivity contribution in [2.75, 3.05) is 18.0 Å². The van der Waals surface area contributed by atoms with Crippen LogP contribution in [0.3, 0.4) is 0 Å². The highest BCUT2D eigenvalue weighted by Crippen LogP contribution is 2.43. The van der Waals surface area contributed by atoms with Crippen molar-refractivity contribution >= 4 is 11.7 Å². The van der Waals surface area contributed by atoms with E-state index in [2.05, 4.69) is 0 Å². The van der Waals surface area contributed by atoms with Crippen molar-refractivity contribution in [3.63, 3.8) is 0 Å². The van der Waals surface area contributed by atoms with Gasteiger partial charge in [-0.05, 0) is 18.6 Å². The maximum absolute atomic E-state index is 12.9. The van der Waals surface area contributed by atoms with E-state index in [0.29, 0.717) is 6.42 Å². The molecular formula is C12H12F3NO3. The third-order valence-corrected chi connectivity index (χ3v) is 3.18. The number of benzene rings is 1. The molecule has 1 heterocycles. The number of alkyl halides is 3. The van der Waals surface area contributed by atoms with E-state index in [-0.39, 0.29) is 18.8 Å². The molecule has 1 aromatic rings. The van der Waals surface area contributed by atoms with Gasteiger partial charge in [0.15, 0.2) is 0 Å². The molecular weight excluding hydrogens is 263 g/mol. The van der Waals surface area contributed by atoms with E-state index in [4.69, 9.17) is 5.11 Å². The molecule has 2 rings (SSSR count). The maximum atomic E-state index is 12.9. The van der Waals surface area contributed by atoms with Crippen LogP contribution in [0, 0.1) is 5.92 Å². The van der Waals surface area contributed by atoms with Crippen LogP contribution in [0.5, 0.6) is 5.75 Å². The minimum absolute atomic E-state index is 0.0157. The van der Waals surface area contributed by atoms with Crippen molar-refractivity contribution in [3.05, 3.63) is 23.8 Å². The number of aliphatic carboxylic acids is 1. The van der Waals surface area contributed by atoms with Crippen molar-refractivity contribution in [2.24, 2.45) is 5.92 Å². The van der Waals surface area contributed by atoms with E-state index in [9.17, 15) is 23.1 Å². The lowest BCUT2D eigenvalue weighted by molar-refractivity contribution is -0.141. The van der Waals surface area contributed by atoms with Crippen molar-refractivity contribution in [1.82, 2.24) is 0 Å². The van der Waals surface area contributed by atoms with Gasteiger partial charge in [0.25, 0.3) is 0 Å². The van der Waals surface area contributed by atoms with E-state index in [1.807, 2.05) is 0 Å². The van der Waals surface area contributed by atoms with Crippen LogP contribution in [0.2, 0.25) is 0 Å². The lowest BCUT2D eigenvalue weighted by Crippen LogP contribution is -2.25. The first-order chi connectivity index (χ1) is 8.80. The largest absolute Gasteiger partial charge is 0.507 e. The van der Waals surface area contributed by atoms with Crippen molar-refractivity contribution in [3.8, 4) is 5.75 Å². The normalized spacial score (nSPS) is 19.7. The van der Waals surface area contributed by atoms with Crippen LogP contribution in [0.1, 0.15) is 12.0 Å². The molecule has 2 N–H and O–H groups in total. The Balaban J connectivity index is 2.36. The summed E-state index contributed by atoms with van der Waals surface area (Å²) in [7, 11) is 0. The number of aromatic hydroxyl groups is 1. The van der Waals surface area contributed by atoms with Gasteiger partial charge in [-0.1, -0.05) is 6.07 Å². The number of phenols is 1. The highest BCUT2D eigenvalue weighted by Gasteiger charge is 2.39. The van der Waals surface area contributed by atoms with E-state index in [1.54, 1.807) is 0 Å². The number of nitrogens with zero attached hydrogens (tertiary/aromatic N) is 1. The summed E-state index contributed by atoms with van der Waals surface area (Å²) in [5.41, 5.74) is -1.28. The van der Waals surface area contributed by atoms with Gasteiger partial charge in [0.2, 0.25) is 0 Å². The molecule has 0 radical (unpaired) electrons. The summed E-state index contributed by atoms with van der Waals surface area (Å²) in [4.78, 5) is 12.2. The van der Waals surface area contributed by atoms with Crippen molar-refractivity contribution in [2.45, 2.75) is 12.6 Å². The first kappa shape index (κ1) is 13.5. The molecule has 1 aliphatic heterocycles. The molecule has 7 heteroatoms. The number of phenolic OH excluding ortho intramolecular Hbond substituents is 1. The first-order valence-electron chi connectivity index (χ1n) is 5.67. The van der Waals surface area contributed by atoms with Crippen molar-refractivity contribution < 1.29 is 28.2 Å². The number of carbonyl (C=O) groups is 1. The minimum atomic E-state index is -4.68. The zero-order valence-electron chi connectivity index (χ0n) is 9.81. The van der Waals surface area contributed by atoms with E-state index in [0.717, 1.165) is 6.07 Å². The summed E-state index contributed by atoms with van der Waals surface area (Å²) < 4.78 is 38.7. The second-order valence-corrected chi connectivity index (χ2v) is 4.44. The number of halogens is 3. The molecule has 19 heavy (non-hydrogen) atoms. The third-order valence-electron chi connectivity index (χ3n) is 3.18. The second kappa shape index (κ2) is 4.64. The fourth-order valence-electron chi connectivity index (χ4n) is 2.26. The smallest absolute Gasteiger partial charge is 0.421 e. The average molecular weight is 275 g/mol. The Morgan fingerprint density at radius 2 is 2.05 bits per heavy atom. The van der Waals surface area contributed by atoms with Gasteiger partial charge in [-0.15, -0.1) is 0 Å². The highest BCUT2D eigenvalue weighted by molar-refractivity contribution is 5.72. The molecule has 0 saturated carbocycles.